The minimum atomic E-state index is -0.996. The first-order valence-corrected chi connectivity index (χ1v) is 8.13. The van der Waals surface area contributed by atoms with E-state index < -0.39 is 11.6 Å². The summed E-state index contributed by atoms with van der Waals surface area (Å²) in [6.45, 7) is 5.69. The van der Waals surface area contributed by atoms with Crippen LogP contribution in [0.5, 0.6) is 11.5 Å². The number of carbonyl (C=O) groups is 1. The van der Waals surface area contributed by atoms with E-state index in [4.69, 9.17) is 10.5 Å². The second-order valence-corrected chi connectivity index (χ2v) is 7.26. The van der Waals surface area contributed by atoms with Crippen molar-refractivity contribution in [3.8, 4) is 11.5 Å². The standard InChI is InChI=1S/C17H20BrN3O3/c1-17(2,3)21(16(22)23)10-11-6-13(4-5-15(11)19)24-14-7-12(18)8-20-9-14/h4-9H,10,19H2,1-3H3,(H,22,23). The second-order valence-electron chi connectivity index (χ2n) is 6.34. The lowest BCUT2D eigenvalue weighted by atomic mass is 10.0. The predicted octanol–water partition coefficient (Wildman–Crippen LogP) is 4.50. The largest absolute Gasteiger partial charge is 0.465 e. The zero-order valence-electron chi connectivity index (χ0n) is 13.8. The Kier molecular flexibility index (Phi) is 5.33. The van der Waals surface area contributed by atoms with Crippen LogP contribution in [0.3, 0.4) is 0 Å². The average Bonchev–Trinajstić information content (AvgIpc) is 2.46. The Labute approximate surface area is 149 Å². The zero-order valence-corrected chi connectivity index (χ0v) is 15.4. The van der Waals surface area contributed by atoms with Crippen LogP contribution in [0.1, 0.15) is 26.3 Å². The van der Waals surface area contributed by atoms with Gasteiger partial charge in [0.25, 0.3) is 0 Å². The number of nitrogens with two attached hydrogens (primary N) is 1. The van der Waals surface area contributed by atoms with Gasteiger partial charge in [-0.05, 0) is 66.5 Å². The molecule has 0 saturated carbocycles. The highest BCUT2D eigenvalue weighted by Gasteiger charge is 2.26. The van der Waals surface area contributed by atoms with Crippen LogP contribution in [0, 0.1) is 0 Å². The summed E-state index contributed by atoms with van der Waals surface area (Å²) in [5, 5.41) is 9.44. The first kappa shape index (κ1) is 18.1. The van der Waals surface area contributed by atoms with Crippen LogP contribution in [0.4, 0.5) is 10.5 Å². The number of benzene rings is 1. The van der Waals surface area contributed by atoms with Crippen LogP contribution in [0.15, 0.2) is 41.1 Å². The van der Waals surface area contributed by atoms with Gasteiger partial charge in [0, 0.05) is 21.9 Å². The number of rotatable bonds is 4. The van der Waals surface area contributed by atoms with Gasteiger partial charge in [-0.25, -0.2) is 4.79 Å². The minimum absolute atomic E-state index is 0.179. The van der Waals surface area contributed by atoms with Crippen molar-refractivity contribution in [1.29, 1.82) is 0 Å². The molecule has 0 bridgehead atoms. The lowest BCUT2D eigenvalue weighted by molar-refractivity contribution is 0.0956. The van der Waals surface area contributed by atoms with Gasteiger partial charge in [0.2, 0.25) is 0 Å². The minimum Gasteiger partial charge on any atom is -0.465 e. The molecule has 1 aromatic carbocycles. The number of nitrogens with zero attached hydrogens (tertiary/aromatic N) is 2. The fourth-order valence-electron chi connectivity index (χ4n) is 2.13. The summed E-state index contributed by atoms with van der Waals surface area (Å²) < 4.78 is 6.57. The molecule has 128 valence electrons. The van der Waals surface area contributed by atoms with Crippen molar-refractivity contribution in [2.75, 3.05) is 5.73 Å². The van der Waals surface area contributed by atoms with E-state index in [0.717, 1.165) is 4.47 Å². The maximum Gasteiger partial charge on any atom is 0.408 e. The third-order valence-electron chi connectivity index (χ3n) is 3.40. The van der Waals surface area contributed by atoms with E-state index in [0.29, 0.717) is 22.7 Å². The molecule has 1 heterocycles. The second kappa shape index (κ2) is 7.09. The summed E-state index contributed by atoms with van der Waals surface area (Å²) in [5.41, 5.74) is 6.67. The van der Waals surface area contributed by atoms with Gasteiger partial charge in [-0.1, -0.05) is 0 Å². The van der Waals surface area contributed by atoms with Crippen LogP contribution in [0.2, 0.25) is 0 Å². The SMILES string of the molecule is CC(C)(C)N(Cc1cc(Oc2cncc(Br)c2)ccc1N)C(=O)O. The average molecular weight is 394 g/mol. The summed E-state index contributed by atoms with van der Waals surface area (Å²) in [6, 6.07) is 6.99. The normalized spacial score (nSPS) is 11.2. The molecule has 1 aromatic heterocycles. The van der Waals surface area contributed by atoms with Gasteiger partial charge in [0.15, 0.2) is 0 Å². The van der Waals surface area contributed by atoms with Gasteiger partial charge in [0.1, 0.15) is 11.5 Å². The summed E-state index contributed by atoms with van der Waals surface area (Å²) in [7, 11) is 0. The van der Waals surface area contributed by atoms with Crippen LogP contribution in [0.25, 0.3) is 0 Å². The van der Waals surface area contributed by atoms with Crippen molar-refractivity contribution in [1.82, 2.24) is 9.88 Å². The molecular weight excluding hydrogens is 374 g/mol. The number of halogens is 1. The zero-order chi connectivity index (χ0) is 17.9. The Bertz CT molecular complexity index is 744. The van der Waals surface area contributed by atoms with Crippen LogP contribution < -0.4 is 10.5 Å². The van der Waals surface area contributed by atoms with Crippen LogP contribution in [-0.2, 0) is 6.54 Å². The molecule has 7 heteroatoms. The summed E-state index contributed by atoms with van der Waals surface area (Å²) in [5.74, 6) is 1.14. The van der Waals surface area contributed by atoms with Crippen molar-refractivity contribution < 1.29 is 14.6 Å². The van der Waals surface area contributed by atoms with Gasteiger partial charge in [0.05, 0.1) is 12.7 Å². The van der Waals surface area contributed by atoms with Crippen LogP contribution in [-0.4, -0.2) is 26.6 Å². The molecule has 2 aromatic rings. The lowest BCUT2D eigenvalue weighted by Crippen LogP contribution is -2.44. The Morgan fingerprint density at radius 3 is 2.58 bits per heavy atom. The summed E-state index contributed by atoms with van der Waals surface area (Å²) in [6.07, 6.45) is 2.26. The number of anilines is 1. The number of pyridine rings is 1. The maximum absolute atomic E-state index is 11.5. The highest BCUT2D eigenvalue weighted by Crippen LogP contribution is 2.28. The molecule has 24 heavy (non-hydrogen) atoms. The fourth-order valence-corrected chi connectivity index (χ4v) is 2.47. The van der Waals surface area contributed by atoms with E-state index >= 15 is 0 Å². The Morgan fingerprint density at radius 1 is 1.29 bits per heavy atom. The molecule has 0 aliphatic heterocycles. The third kappa shape index (κ3) is 4.61. The van der Waals surface area contributed by atoms with Crippen molar-refractivity contribution in [2.24, 2.45) is 0 Å². The molecule has 0 saturated heterocycles. The van der Waals surface area contributed by atoms with Crippen molar-refractivity contribution in [3.63, 3.8) is 0 Å². The van der Waals surface area contributed by atoms with E-state index in [9.17, 15) is 9.90 Å². The molecule has 2 rings (SSSR count). The van der Waals surface area contributed by atoms with E-state index in [1.165, 1.54) is 4.90 Å². The molecule has 0 aliphatic rings. The number of carboxylic acid groups (broad SMARTS) is 1. The van der Waals surface area contributed by atoms with E-state index in [-0.39, 0.29) is 6.54 Å². The predicted molar refractivity (Wildman–Crippen MR) is 96.2 cm³/mol. The Hall–Kier alpha value is -2.28. The molecule has 3 N–H and O–H groups in total. The van der Waals surface area contributed by atoms with Crippen LogP contribution >= 0.6 is 15.9 Å². The maximum atomic E-state index is 11.5. The van der Waals surface area contributed by atoms with Gasteiger partial charge >= 0.3 is 6.09 Å². The van der Waals surface area contributed by atoms with Gasteiger partial charge in [-0.3, -0.25) is 9.88 Å². The number of aromatic nitrogens is 1. The Morgan fingerprint density at radius 2 is 2.00 bits per heavy atom. The molecule has 0 atom stereocenters. The smallest absolute Gasteiger partial charge is 0.408 e. The Balaban J connectivity index is 2.26. The topological polar surface area (TPSA) is 88.7 Å². The molecule has 0 unspecified atom stereocenters. The molecule has 0 spiro atoms. The van der Waals surface area contributed by atoms with E-state index in [2.05, 4.69) is 20.9 Å². The van der Waals surface area contributed by atoms with Gasteiger partial charge in [-0.15, -0.1) is 0 Å². The van der Waals surface area contributed by atoms with Crippen molar-refractivity contribution in [3.05, 3.63) is 46.7 Å². The number of amides is 1. The quantitative estimate of drug-likeness (QED) is 0.746. The molecule has 0 radical (unpaired) electrons. The monoisotopic (exact) mass is 393 g/mol. The lowest BCUT2D eigenvalue weighted by Gasteiger charge is -2.33. The molecule has 0 aliphatic carbocycles. The number of hydrogen-bond acceptors (Lipinski definition) is 4. The first-order valence-electron chi connectivity index (χ1n) is 7.34. The highest BCUT2D eigenvalue weighted by molar-refractivity contribution is 9.10. The van der Waals surface area contributed by atoms with Crippen molar-refractivity contribution >= 4 is 27.7 Å². The van der Waals surface area contributed by atoms with E-state index in [1.807, 2.05) is 20.8 Å². The molecule has 0 fully saturated rings. The summed E-state index contributed by atoms with van der Waals surface area (Å²) in [4.78, 5) is 16.9. The first-order chi connectivity index (χ1) is 11.2. The summed E-state index contributed by atoms with van der Waals surface area (Å²) >= 11 is 3.34. The number of ether oxygens (including phenoxy) is 1. The number of hydrogen-bond donors (Lipinski definition) is 2. The molecule has 6 nitrogen and oxygen atoms in total. The fraction of sp³-hybridized carbons (Fsp3) is 0.294. The molecular formula is C17H20BrN3O3. The van der Waals surface area contributed by atoms with E-state index in [1.54, 1.807) is 36.7 Å². The van der Waals surface area contributed by atoms with Gasteiger partial charge in [-0.2, -0.15) is 0 Å². The number of nitrogen functional groups attached to an aromatic ring is 1. The third-order valence-corrected chi connectivity index (χ3v) is 3.83. The highest BCUT2D eigenvalue weighted by atomic mass is 79.9. The van der Waals surface area contributed by atoms with Crippen molar-refractivity contribution in [2.45, 2.75) is 32.9 Å². The van der Waals surface area contributed by atoms with Gasteiger partial charge < -0.3 is 15.6 Å². The molecule has 1 amide bonds.